The van der Waals surface area contributed by atoms with Crippen LogP contribution >= 0.6 is 0 Å². The summed E-state index contributed by atoms with van der Waals surface area (Å²) in [5, 5.41) is 27.8. The maximum absolute atomic E-state index is 12.0. The molecule has 0 amide bonds. The van der Waals surface area contributed by atoms with Crippen LogP contribution in [0.3, 0.4) is 0 Å². The van der Waals surface area contributed by atoms with Gasteiger partial charge in [-0.05, 0) is 48.2 Å². The number of phenolic OH excluding ortho intramolecular Hbond substituents is 1. The van der Waals surface area contributed by atoms with Gasteiger partial charge in [-0.1, -0.05) is 13.0 Å². The monoisotopic (exact) mass is 758 g/mol. The standard InChI is InChI=1S/C23H22N9O4S.U/c1-12-9-14-5-7-16(29-25-3)20(24)19(14)22(33)21(12)31-30-17-10-15(6-8-18(17)37(34,35)36)32(4)23-27-11-26-13(2)28-23;/h5-10,33H,24H2,1-4H3,(H,34,35,36);/q-1;+2. The fraction of sp³-hybridized carbons (Fsp3) is 0.174. The van der Waals surface area contributed by atoms with Crippen molar-refractivity contribution in [3.8, 4) is 5.75 Å². The zero-order chi connectivity index (χ0) is 26.9. The average Bonchev–Trinajstić information content (AvgIpc) is 2.84. The number of nitrogens with zero attached hydrogens (tertiary/aromatic N) is 8. The number of nitrogens with two attached hydrogens (primary N) is 1. The van der Waals surface area contributed by atoms with Gasteiger partial charge in [-0.15, -0.1) is 10.2 Å². The van der Waals surface area contributed by atoms with Gasteiger partial charge in [-0.2, -0.15) is 18.6 Å². The molecule has 1 heterocycles. The molecular weight excluding hydrogens is 736 g/mol. The van der Waals surface area contributed by atoms with E-state index in [9.17, 15) is 18.1 Å². The maximum Gasteiger partial charge on any atom is 2.00 e. The second-order valence-corrected chi connectivity index (χ2v) is 9.35. The second-order valence-electron chi connectivity index (χ2n) is 7.96. The van der Waals surface area contributed by atoms with Crippen LogP contribution in [0.1, 0.15) is 11.4 Å². The summed E-state index contributed by atoms with van der Waals surface area (Å²) in [4.78, 5) is 13.1. The second kappa shape index (κ2) is 11.5. The molecule has 4 rings (SSSR count). The summed E-state index contributed by atoms with van der Waals surface area (Å²) in [6.45, 7) is 3.38. The predicted octanol–water partition coefficient (Wildman–Crippen LogP) is 4.87. The number of aromatic hydroxyl groups is 1. The van der Waals surface area contributed by atoms with Crippen molar-refractivity contribution in [2.24, 2.45) is 20.5 Å². The molecule has 0 unspecified atom stereocenters. The van der Waals surface area contributed by atoms with Gasteiger partial charge in [-0.3, -0.25) is 4.55 Å². The minimum atomic E-state index is -4.65. The first kappa shape index (κ1) is 29.1. The van der Waals surface area contributed by atoms with Crippen molar-refractivity contribution >= 4 is 55.3 Å². The van der Waals surface area contributed by atoms with E-state index in [2.05, 4.69) is 41.7 Å². The van der Waals surface area contributed by atoms with E-state index in [1.54, 1.807) is 44.0 Å². The number of hydrogen-bond donors (Lipinski definition) is 3. The summed E-state index contributed by atoms with van der Waals surface area (Å²) in [7, 11) is -1.50. The number of phenols is 1. The van der Waals surface area contributed by atoms with Gasteiger partial charge in [0.15, 0.2) is 5.75 Å². The molecule has 4 N–H and O–H groups in total. The van der Waals surface area contributed by atoms with Gasteiger partial charge in [0.05, 0.1) is 11.1 Å². The van der Waals surface area contributed by atoms with Gasteiger partial charge in [0.2, 0.25) is 0 Å². The Morgan fingerprint density at radius 3 is 2.42 bits per heavy atom. The van der Waals surface area contributed by atoms with E-state index in [1.807, 2.05) is 0 Å². The minimum absolute atomic E-state index is 0. The molecule has 1 aromatic heterocycles. The number of nitrogen functional groups attached to an aromatic ring is 1. The number of aromatic nitrogens is 3. The van der Waals surface area contributed by atoms with Crippen LogP contribution in [-0.2, 0) is 10.1 Å². The molecule has 0 spiro atoms. The van der Waals surface area contributed by atoms with Crippen LogP contribution in [0.5, 0.6) is 5.75 Å². The van der Waals surface area contributed by atoms with Crippen molar-refractivity contribution in [2.75, 3.05) is 24.7 Å². The Labute approximate surface area is 242 Å². The summed E-state index contributed by atoms with van der Waals surface area (Å²) < 4.78 is 33.8. The minimum Gasteiger partial charge on any atom is -0.505 e. The quantitative estimate of drug-likeness (QED) is 0.107. The largest absolute Gasteiger partial charge is 2.00 e. The van der Waals surface area contributed by atoms with Crippen molar-refractivity contribution in [3.05, 3.63) is 54.1 Å². The molecule has 13 nitrogen and oxygen atoms in total. The van der Waals surface area contributed by atoms with Crippen LogP contribution in [0.25, 0.3) is 10.8 Å². The van der Waals surface area contributed by atoms with Crippen molar-refractivity contribution < 1.29 is 49.2 Å². The third kappa shape index (κ3) is 5.81. The zero-order valence-electron chi connectivity index (χ0n) is 20.7. The molecule has 0 aliphatic rings. The number of rotatable bonds is 6. The molecular formula is C23H22N9O4SU+. The van der Waals surface area contributed by atoms with E-state index >= 15 is 0 Å². The summed E-state index contributed by atoms with van der Waals surface area (Å²) in [5.74, 6) is 0.437. The Kier molecular flexibility index (Phi) is 8.78. The molecule has 192 valence electrons. The summed E-state index contributed by atoms with van der Waals surface area (Å²) >= 11 is 0. The molecule has 0 atom stereocenters. The van der Waals surface area contributed by atoms with Gasteiger partial charge < -0.3 is 30.7 Å². The SMILES string of the molecule is CN=Nc1ccc2cc(C)c(N=Nc3cc(N(C)c4n[c-]nc(C)n4)ccc3S(=O)(=O)O)c(O)c2c1N.[U+2]. The third-order valence-electron chi connectivity index (χ3n) is 5.46. The first-order valence-corrected chi connectivity index (χ1v) is 12.2. The van der Waals surface area contributed by atoms with Gasteiger partial charge in [0.25, 0.3) is 10.1 Å². The summed E-state index contributed by atoms with van der Waals surface area (Å²) in [5.41, 5.74) is 7.65. The molecule has 0 bridgehead atoms. The molecule has 0 aliphatic carbocycles. The predicted molar refractivity (Wildman–Crippen MR) is 137 cm³/mol. The van der Waals surface area contributed by atoms with Crippen LogP contribution in [0.2, 0.25) is 0 Å². The molecule has 4 aromatic rings. The fourth-order valence-electron chi connectivity index (χ4n) is 3.65. The van der Waals surface area contributed by atoms with E-state index in [0.717, 1.165) is 0 Å². The first-order chi connectivity index (χ1) is 17.5. The number of hydrogen-bond acceptors (Lipinski definition) is 12. The molecule has 0 radical (unpaired) electrons. The molecule has 3 aromatic carbocycles. The number of benzene rings is 3. The number of azo groups is 2. The zero-order valence-corrected chi connectivity index (χ0v) is 25.7. The third-order valence-corrected chi connectivity index (χ3v) is 6.36. The van der Waals surface area contributed by atoms with E-state index in [1.165, 1.54) is 25.2 Å². The average molecular weight is 759 g/mol. The van der Waals surface area contributed by atoms with Crippen LogP contribution in [0.4, 0.5) is 34.4 Å². The molecule has 38 heavy (non-hydrogen) atoms. The summed E-state index contributed by atoms with van der Waals surface area (Å²) in [6, 6.07) is 9.18. The van der Waals surface area contributed by atoms with Gasteiger partial charge >= 0.3 is 31.1 Å². The molecule has 0 saturated carbocycles. The molecule has 15 heteroatoms. The van der Waals surface area contributed by atoms with Crippen molar-refractivity contribution in [1.82, 2.24) is 15.0 Å². The normalized spacial score (nSPS) is 11.8. The Bertz CT molecular complexity index is 1690. The molecule has 0 fully saturated rings. The van der Waals surface area contributed by atoms with Crippen molar-refractivity contribution in [3.63, 3.8) is 0 Å². The fourth-order valence-corrected chi connectivity index (χ4v) is 4.26. The van der Waals surface area contributed by atoms with E-state index in [-0.39, 0.29) is 59.9 Å². The van der Waals surface area contributed by atoms with Crippen LogP contribution in [0.15, 0.2) is 61.8 Å². The molecule has 0 aliphatic heterocycles. The summed E-state index contributed by atoms with van der Waals surface area (Å²) in [6.07, 6.45) is 2.49. The Morgan fingerprint density at radius 2 is 1.76 bits per heavy atom. The van der Waals surface area contributed by atoms with Gasteiger partial charge in [0.1, 0.15) is 27.9 Å². The first-order valence-electron chi connectivity index (χ1n) is 10.7. The van der Waals surface area contributed by atoms with Crippen molar-refractivity contribution in [2.45, 2.75) is 18.7 Å². The van der Waals surface area contributed by atoms with Crippen LogP contribution in [0, 0.1) is 51.3 Å². The Morgan fingerprint density at radius 1 is 1.03 bits per heavy atom. The Hall–Kier alpha value is -3.51. The molecule has 0 saturated heterocycles. The van der Waals surface area contributed by atoms with E-state index < -0.39 is 15.0 Å². The van der Waals surface area contributed by atoms with Crippen molar-refractivity contribution in [1.29, 1.82) is 0 Å². The number of fused-ring (bicyclic) bond motifs is 1. The van der Waals surface area contributed by atoms with Crippen LogP contribution < -0.4 is 10.6 Å². The Balaban J connectivity index is 0.00000400. The van der Waals surface area contributed by atoms with E-state index in [4.69, 9.17) is 5.73 Å². The topological polar surface area (TPSA) is 192 Å². The van der Waals surface area contributed by atoms with Crippen LogP contribution in [-0.4, -0.2) is 47.1 Å². The smallest absolute Gasteiger partial charge is 0.505 e. The van der Waals surface area contributed by atoms with Gasteiger partial charge in [-0.25, -0.2) is 0 Å². The number of aryl methyl sites for hydroxylation is 2. The van der Waals surface area contributed by atoms with Gasteiger partial charge in [0, 0.05) is 31.9 Å². The maximum atomic E-state index is 12.0. The number of anilines is 3. The van der Waals surface area contributed by atoms with E-state index in [0.29, 0.717) is 33.5 Å².